The van der Waals surface area contributed by atoms with Crippen molar-refractivity contribution in [3.8, 4) is 0 Å². The Labute approximate surface area is 151 Å². The molecule has 1 saturated heterocycles. The summed E-state index contributed by atoms with van der Waals surface area (Å²) in [5, 5.41) is 16.6. The topological polar surface area (TPSA) is 105 Å². The first-order valence-electron chi connectivity index (χ1n) is 8.74. The van der Waals surface area contributed by atoms with Crippen LogP contribution in [-0.4, -0.2) is 57.6 Å². The van der Waals surface area contributed by atoms with Crippen molar-refractivity contribution in [2.75, 3.05) is 37.0 Å². The fourth-order valence-electron chi connectivity index (χ4n) is 3.66. The molecule has 0 bridgehead atoms. The van der Waals surface area contributed by atoms with Crippen LogP contribution in [-0.2, 0) is 24.8 Å². The minimum absolute atomic E-state index is 0.125. The van der Waals surface area contributed by atoms with E-state index >= 15 is 0 Å². The molecule has 26 heavy (non-hydrogen) atoms. The summed E-state index contributed by atoms with van der Waals surface area (Å²) in [4.78, 5) is 22.8. The number of anilines is 2. The van der Waals surface area contributed by atoms with Gasteiger partial charge in [-0.3, -0.25) is 4.68 Å². The average Bonchev–Trinajstić information content (AvgIpc) is 3.29. The molecule has 0 amide bonds. The molecule has 0 aliphatic carbocycles. The summed E-state index contributed by atoms with van der Waals surface area (Å²) in [6.45, 7) is 2.66. The fourth-order valence-corrected chi connectivity index (χ4v) is 3.66. The second kappa shape index (κ2) is 6.56. The largest absolute Gasteiger partial charge is 0.476 e. The molecule has 0 radical (unpaired) electrons. The summed E-state index contributed by atoms with van der Waals surface area (Å²) in [6.07, 6.45) is 1.68. The van der Waals surface area contributed by atoms with Crippen LogP contribution in [0.3, 0.4) is 0 Å². The zero-order valence-electron chi connectivity index (χ0n) is 14.9. The number of carbonyl (C=O) groups is 1. The molecule has 0 saturated carbocycles. The van der Waals surface area contributed by atoms with E-state index in [0.29, 0.717) is 19.1 Å². The second-order valence-electron chi connectivity index (χ2n) is 6.66. The Morgan fingerprint density at radius 3 is 2.96 bits per heavy atom. The van der Waals surface area contributed by atoms with Crippen molar-refractivity contribution in [3.63, 3.8) is 0 Å². The van der Waals surface area contributed by atoms with Crippen LogP contribution in [0.2, 0.25) is 0 Å². The molecule has 0 unspecified atom stereocenters. The monoisotopic (exact) mass is 358 g/mol. The van der Waals surface area contributed by atoms with Crippen molar-refractivity contribution in [1.29, 1.82) is 0 Å². The van der Waals surface area contributed by atoms with E-state index in [2.05, 4.69) is 25.3 Å². The second-order valence-corrected chi connectivity index (χ2v) is 6.66. The maximum atomic E-state index is 11.5. The number of nitrogens with one attached hydrogen (secondary N) is 1. The van der Waals surface area contributed by atoms with E-state index in [0.717, 1.165) is 48.8 Å². The summed E-state index contributed by atoms with van der Waals surface area (Å²) in [5.41, 5.74) is 2.83. The van der Waals surface area contributed by atoms with Gasteiger partial charge in [0.25, 0.3) is 0 Å². The van der Waals surface area contributed by atoms with Gasteiger partial charge in [0.05, 0.1) is 12.3 Å². The molecule has 138 valence electrons. The predicted molar refractivity (Wildman–Crippen MR) is 94.7 cm³/mol. The molecular formula is C17H22N6O3. The van der Waals surface area contributed by atoms with E-state index in [9.17, 15) is 9.90 Å². The number of aromatic nitrogens is 4. The molecule has 4 heterocycles. The highest BCUT2D eigenvalue weighted by Gasteiger charge is 2.29. The lowest BCUT2D eigenvalue weighted by Gasteiger charge is -2.29. The minimum atomic E-state index is -0.994. The number of nitrogens with zero attached hydrogens (tertiary/aromatic N) is 5. The SMILES string of the molecule is CNc1nc([C@H]2CCOC2)cc(N2CCc3c(c(C(=O)O)nn3C)C2)n1. The van der Waals surface area contributed by atoms with Gasteiger partial charge in [0.1, 0.15) is 5.82 Å². The average molecular weight is 358 g/mol. The Morgan fingerprint density at radius 2 is 2.27 bits per heavy atom. The highest BCUT2D eigenvalue weighted by Crippen LogP contribution is 2.30. The van der Waals surface area contributed by atoms with Gasteiger partial charge >= 0.3 is 5.97 Å². The highest BCUT2D eigenvalue weighted by atomic mass is 16.5. The van der Waals surface area contributed by atoms with E-state index < -0.39 is 5.97 Å². The lowest BCUT2D eigenvalue weighted by Crippen LogP contribution is -2.32. The van der Waals surface area contributed by atoms with Gasteiger partial charge in [-0.25, -0.2) is 9.78 Å². The van der Waals surface area contributed by atoms with Crippen molar-refractivity contribution in [3.05, 3.63) is 28.7 Å². The Bertz CT molecular complexity index is 843. The number of aromatic carboxylic acids is 1. The summed E-state index contributed by atoms with van der Waals surface area (Å²) < 4.78 is 7.17. The molecule has 0 spiro atoms. The van der Waals surface area contributed by atoms with Gasteiger partial charge in [0.15, 0.2) is 5.69 Å². The van der Waals surface area contributed by atoms with Crippen molar-refractivity contribution in [2.45, 2.75) is 25.3 Å². The maximum absolute atomic E-state index is 11.5. The van der Waals surface area contributed by atoms with Crippen LogP contribution in [0.25, 0.3) is 0 Å². The Balaban J connectivity index is 1.68. The number of ether oxygens (including phenoxy) is 1. The summed E-state index contributed by atoms with van der Waals surface area (Å²) in [6, 6.07) is 2.00. The third-order valence-corrected chi connectivity index (χ3v) is 5.07. The number of carboxylic acids is 1. The molecule has 9 heteroatoms. The Kier molecular flexibility index (Phi) is 4.23. The van der Waals surface area contributed by atoms with Crippen molar-refractivity contribution >= 4 is 17.7 Å². The van der Waals surface area contributed by atoms with Crippen molar-refractivity contribution in [1.82, 2.24) is 19.7 Å². The molecule has 1 atom stereocenters. The molecule has 2 aromatic heterocycles. The summed E-state index contributed by atoms with van der Waals surface area (Å²) in [7, 11) is 3.59. The number of aryl methyl sites for hydroxylation is 1. The van der Waals surface area contributed by atoms with Crippen LogP contribution in [0.4, 0.5) is 11.8 Å². The van der Waals surface area contributed by atoms with E-state index in [4.69, 9.17) is 4.74 Å². The molecular weight excluding hydrogens is 336 g/mol. The molecule has 4 rings (SSSR count). The van der Waals surface area contributed by atoms with E-state index in [1.54, 1.807) is 18.8 Å². The van der Waals surface area contributed by atoms with Gasteiger partial charge in [0, 0.05) is 63.5 Å². The number of fused-ring (bicyclic) bond motifs is 1. The van der Waals surface area contributed by atoms with Gasteiger partial charge in [-0.05, 0) is 6.42 Å². The molecule has 2 aromatic rings. The van der Waals surface area contributed by atoms with Crippen LogP contribution in [0.5, 0.6) is 0 Å². The number of carboxylic acid groups (broad SMARTS) is 1. The third kappa shape index (κ3) is 2.88. The van der Waals surface area contributed by atoms with E-state index in [-0.39, 0.29) is 11.6 Å². The van der Waals surface area contributed by atoms with Gasteiger partial charge in [-0.15, -0.1) is 0 Å². The Morgan fingerprint density at radius 1 is 1.42 bits per heavy atom. The maximum Gasteiger partial charge on any atom is 0.356 e. The number of hydrogen-bond donors (Lipinski definition) is 2. The lowest BCUT2D eigenvalue weighted by atomic mass is 10.0. The van der Waals surface area contributed by atoms with Crippen LogP contribution < -0.4 is 10.2 Å². The zero-order valence-corrected chi connectivity index (χ0v) is 14.9. The molecule has 0 aromatic carbocycles. The fraction of sp³-hybridized carbons (Fsp3) is 0.529. The van der Waals surface area contributed by atoms with Gasteiger partial charge in [0.2, 0.25) is 5.95 Å². The predicted octanol–water partition coefficient (Wildman–Crippen LogP) is 1.02. The normalized spacial score (nSPS) is 19.5. The molecule has 2 aliphatic heterocycles. The van der Waals surface area contributed by atoms with Crippen LogP contribution >= 0.6 is 0 Å². The standard InChI is InChI=1S/C17H22N6O3/c1-18-17-19-12(10-4-6-26-9-10)7-14(20-17)23-5-3-13-11(8-23)15(16(24)25)21-22(13)2/h7,10H,3-6,8-9H2,1-2H3,(H,24,25)(H,18,19,20)/t10-/m0/s1. The smallest absolute Gasteiger partial charge is 0.356 e. The molecule has 1 fully saturated rings. The zero-order chi connectivity index (χ0) is 18.3. The van der Waals surface area contributed by atoms with Gasteiger partial charge in [-0.1, -0.05) is 0 Å². The first kappa shape index (κ1) is 16.8. The molecule has 2 N–H and O–H groups in total. The minimum Gasteiger partial charge on any atom is -0.476 e. The van der Waals surface area contributed by atoms with Gasteiger partial charge in [-0.2, -0.15) is 10.1 Å². The lowest BCUT2D eigenvalue weighted by molar-refractivity contribution is 0.0688. The van der Waals surface area contributed by atoms with Crippen LogP contribution in [0, 0.1) is 0 Å². The van der Waals surface area contributed by atoms with Crippen molar-refractivity contribution < 1.29 is 14.6 Å². The number of rotatable bonds is 4. The first-order valence-corrected chi connectivity index (χ1v) is 8.74. The molecule has 9 nitrogen and oxygen atoms in total. The number of hydrogen-bond acceptors (Lipinski definition) is 7. The van der Waals surface area contributed by atoms with Crippen molar-refractivity contribution in [2.24, 2.45) is 7.05 Å². The van der Waals surface area contributed by atoms with Gasteiger partial charge < -0.3 is 20.1 Å². The van der Waals surface area contributed by atoms with E-state index in [1.165, 1.54) is 0 Å². The van der Waals surface area contributed by atoms with Crippen LogP contribution in [0.15, 0.2) is 6.07 Å². The summed E-state index contributed by atoms with van der Waals surface area (Å²) in [5.74, 6) is 0.653. The third-order valence-electron chi connectivity index (χ3n) is 5.07. The Hall–Kier alpha value is -2.68. The van der Waals surface area contributed by atoms with Crippen LogP contribution in [0.1, 0.15) is 39.8 Å². The quantitative estimate of drug-likeness (QED) is 0.834. The first-order chi connectivity index (χ1) is 12.6. The highest BCUT2D eigenvalue weighted by molar-refractivity contribution is 5.87. The molecule has 2 aliphatic rings. The van der Waals surface area contributed by atoms with E-state index in [1.807, 2.05) is 6.07 Å². The summed E-state index contributed by atoms with van der Waals surface area (Å²) >= 11 is 0.